The molecule has 1 heterocycles. The van der Waals surface area contributed by atoms with Crippen molar-refractivity contribution in [1.82, 2.24) is 25.8 Å². The number of hydrogen-bond acceptors (Lipinski definition) is 3. The number of aromatic amines is 1. The molecule has 0 atom stereocenters. The van der Waals surface area contributed by atoms with Crippen LogP contribution in [0.1, 0.15) is 29.0 Å². The summed E-state index contributed by atoms with van der Waals surface area (Å²) in [6.45, 7) is 1.48. The lowest BCUT2D eigenvalue weighted by Gasteiger charge is -2.19. The second kappa shape index (κ2) is 12.7. The van der Waals surface area contributed by atoms with Crippen molar-refractivity contribution in [2.45, 2.75) is 18.9 Å². The number of aromatic nitrogens is 3. The number of H-pyrrole nitrogens is 1. The van der Waals surface area contributed by atoms with Crippen molar-refractivity contribution in [2.75, 3.05) is 13.6 Å². The molecule has 3 aromatic carbocycles. The second-order valence-corrected chi connectivity index (χ2v) is 7.55. The van der Waals surface area contributed by atoms with E-state index < -0.39 is 0 Å². The summed E-state index contributed by atoms with van der Waals surface area (Å²) in [4.78, 5) is 8.61. The van der Waals surface area contributed by atoms with Crippen LogP contribution in [-0.2, 0) is 6.54 Å². The van der Waals surface area contributed by atoms with Crippen LogP contribution in [0.5, 0.6) is 0 Å². The van der Waals surface area contributed by atoms with Gasteiger partial charge in [-0.25, -0.2) is 4.98 Å². The first-order valence-corrected chi connectivity index (χ1v) is 10.8. The van der Waals surface area contributed by atoms with E-state index in [-0.39, 0.29) is 24.0 Å². The molecule has 0 aliphatic heterocycles. The number of benzene rings is 3. The van der Waals surface area contributed by atoms with Gasteiger partial charge in [-0.15, -0.1) is 24.0 Å². The largest absolute Gasteiger partial charge is 0.356 e. The van der Waals surface area contributed by atoms with Crippen LogP contribution < -0.4 is 10.6 Å². The summed E-state index contributed by atoms with van der Waals surface area (Å²) in [5.74, 6) is 1.89. The van der Waals surface area contributed by atoms with Crippen LogP contribution in [0.3, 0.4) is 0 Å². The molecule has 0 saturated carbocycles. The highest BCUT2D eigenvalue weighted by atomic mass is 127. The van der Waals surface area contributed by atoms with E-state index in [0.717, 1.165) is 35.9 Å². The Morgan fingerprint density at radius 2 is 1.61 bits per heavy atom. The topological polar surface area (TPSA) is 78.0 Å². The number of aliphatic imine (C=N–C) groups is 1. The van der Waals surface area contributed by atoms with Gasteiger partial charge in [0.2, 0.25) is 0 Å². The molecule has 0 radical (unpaired) electrons. The molecule has 3 N–H and O–H groups in total. The van der Waals surface area contributed by atoms with E-state index in [9.17, 15) is 0 Å². The summed E-state index contributed by atoms with van der Waals surface area (Å²) in [6.07, 6.45) is 2.49. The highest BCUT2D eigenvalue weighted by Gasteiger charge is 2.13. The Balaban J connectivity index is 0.00000306. The monoisotopic (exact) mass is 552 g/mol. The number of nitrogens with one attached hydrogen (secondary N) is 3. The maximum absolute atomic E-state index is 4.38. The van der Waals surface area contributed by atoms with Crippen molar-refractivity contribution in [1.29, 1.82) is 0 Å². The minimum absolute atomic E-state index is 0. The number of hydrogen-bond donors (Lipinski definition) is 3. The molecule has 0 saturated heterocycles. The van der Waals surface area contributed by atoms with Gasteiger partial charge in [-0.05, 0) is 29.2 Å². The SMILES string of the molecule is CN=C(NCCC(c1ccccc1)c1ccccc1)NCc1cccc(-c2ncn[nH]2)c1.I. The number of halogens is 1. The molecule has 0 unspecified atom stereocenters. The molecule has 0 aliphatic carbocycles. The number of rotatable bonds is 8. The molecular weight excluding hydrogens is 523 g/mol. The Bertz CT molecular complexity index is 1070. The zero-order chi connectivity index (χ0) is 22.0. The van der Waals surface area contributed by atoms with Gasteiger partial charge in [-0.1, -0.05) is 78.9 Å². The van der Waals surface area contributed by atoms with Gasteiger partial charge in [0, 0.05) is 31.6 Å². The van der Waals surface area contributed by atoms with Gasteiger partial charge in [-0.3, -0.25) is 10.1 Å². The Hall–Kier alpha value is -3.20. The Morgan fingerprint density at radius 3 is 2.21 bits per heavy atom. The van der Waals surface area contributed by atoms with Gasteiger partial charge in [0.1, 0.15) is 6.33 Å². The molecule has 6 nitrogen and oxygen atoms in total. The summed E-state index contributed by atoms with van der Waals surface area (Å²) in [7, 11) is 1.80. The van der Waals surface area contributed by atoms with Crippen LogP contribution in [0.25, 0.3) is 11.4 Å². The summed E-state index contributed by atoms with van der Waals surface area (Å²) in [6, 6.07) is 29.6. The fourth-order valence-corrected chi connectivity index (χ4v) is 3.81. The van der Waals surface area contributed by atoms with Gasteiger partial charge in [0.15, 0.2) is 11.8 Å². The van der Waals surface area contributed by atoms with E-state index in [4.69, 9.17) is 0 Å². The number of nitrogens with zero attached hydrogens (tertiary/aromatic N) is 3. The zero-order valence-corrected chi connectivity index (χ0v) is 20.9. The van der Waals surface area contributed by atoms with Crippen LogP contribution >= 0.6 is 24.0 Å². The van der Waals surface area contributed by atoms with E-state index in [1.54, 1.807) is 7.05 Å². The van der Waals surface area contributed by atoms with Crippen LogP contribution in [0.15, 0.2) is 96.2 Å². The molecule has 0 spiro atoms. The molecule has 4 rings (SSSR count). The molecular formula is C26H29IN6. The molecule has 0 bridgehead atoms. The molecule has 33 heavy (non-hydrogen) atoms. The molecule has 0 fully saturated rings. The third-order valence-electron chi connectivity index (χ3n) is 5.43. The summed E-state index contributed by atoms with van der Waals surface area (Å²) >= 11 is 0. The Labute approximate surface area is 212 Å². The number of guanidine groups is 1. The second-order valence-electron chi connectivity index (χ2n) is 7.55. The van der Waals surface area contributed by atoms with Crippen molar-refractivity contribution in [3.8, 4) is 11.4 Å². The van der Waals surface area contributed by atoms with Crippen molar-refractivity contribution in [3.05, 3.63) is 108 Å². The molecule has 170 valence electrons. The molecule has 0 amide bonds. The first-order chi connectivity index (χ1) is 15.8. The fourth-order valence-electron chi connectivity index (χ4n) is 3.81. The van der Waals surface area contributed by atoms with Gasteiger partial charge in [0.05, 0.1) is 0 Å². The maximum atomic E-state index is 4.38. The van der Waals surface area contributed by atoms with Crippen molar-refractivity contribution >= 4 is 29.9 Å². The van der Waals surface area contributed by atoms with Crippen molar-refractivity contribution in [2.24, 2.45) is 4.99 Å². The summed E-state index contributed by atoms with van der Waals surface area (Å²) in [5.41, 5.74) is 4.81. The van der Waals surface area contributed by atoms with Gasteiger partial charge < -0.3 is 10.6 Å². The molecule has 0 aliphatic rings. The van der Waals surface area contributed by atoms with Crippen molar-refractivity contribution < 1.29 is 0 Å². The third-order valence-corrected chi connectivity index (χ3v) is 5.43. The fraction of sp³-hybridized carbons (Fsp3) is 0.192. The normalized spacial score (nSPS) is 11.2. The van der Waals surface area contributed by atoms with Gasteiger partial charge >= 0.3 is 0 Å². The van der Waals surface area contributed by atoms with E-state index >= 15 is 0 Å². The minimum Gasteiger partial charge on any atom is -0.356 e. The van der Waals surface area contributed by atoms with E-state index in [0.29, 0.717) is 12.5 Å². The van der Waals surface area contributed by atoms with Crippen LogP contribution in [0, 0.1) is 0 Å². The molecule has 7 heteroatoms. The highest BCUT2D eigenvalue weighted by molar-refractivity contribution is 14.0. The first-order valence-electron chi connectivity index (χ1n) is 10.8. The summed E-state index contributed by atoms with van der Waals surface area (Å²) in [5, 5.41) is 13.7. The lowest BCUT2D eigenvalue weighted by atomic mass is 9.88. The average molecular weight is 552 g/mol. The van der Waals surface area contributed by atoms with Gasteiger partial charge in [-0.2, -0.15) is 5.10 Å². The smallest absolute Gasteiger partial charge is 0.191 e. The van der Waals surface area contributed by atoms with E-state index in [2.05, 4.69) is 104 Å². The molecule has 1 aromatic heterocycles. The maximum Gasteiger partial charge on any atom is 0.191 e. The lowest BCUT2D eigenvalue weighted by Crippen LogP contribution is -2.37. The zero-order valence-electron chi connectivity index (χ0n) is 18.6. The minimum atomic E-state index is 0. The lowest BCUT2D eigenvalue weighted by molar-refractivity contribution is 0.678. The average Bonchev–Trinajstić information content (AvgIpc) is 3.40. The van der Waals surface area contributed by atoms with Gasteiger partial charge in [0.25, 0.3) is 0 Å². The summed E-state index contributed by atoms with van der Waals surface area (Å²) < 4.78 is 0. The Kier molecular flexibility index (Phi) is 9.44. The predicted molar refractivity (Wildman–Crippen MR) is 145 cm³/mol. The van der Waals surface area contributed by atoms with Crippen LogP contribution in [0.4, 0.5) is 0 Å². The Morgan fingerprint density at radius 1 is 0.909 bits per heavy atom. The van der Waals surface area contributed by atoms with E-state index in [1.165, 1.54) is 17.5 Å². The van der Waals surface area contributed by atoms with Crippen LogP contribution in [0.2, 0.25) is 0 Å². The first kappa shape index (κ1) is 24.4. The predicted octanol–water partition coefficient (Wildman–Crippen LogP) is 4.98. The standard InChI is InChI=1S/C26H28N6.HI/c1-27-26(29-18-20-9-8-14-23(17-20)25-30-19-31-32-25)28-16-15-24(21-10-4-2-5-11-21)22-12-6-3-7-13-22;/h2-14,17,19,24H,15-16,18H2,1H3,(H2,27,28,29)(H,30,31,32);1H. The van der Waals surface area contributed by atoms with E-state index in [1.807, 2.05) is 12.1 Å². The third kappa shape index (κ3) is 6.89. The quantitative estimate of drug-likeness (QED) is 0.164. The highest BCUT2D eigenvalue weighted by Crippen LogP contribution is 2.27. The van der Waals surface area contributed by atoms with Crippen molar-refractivity contribution in [3.63, 3.8) is 0 Å². The molecule has 4 aromatic rings. The van der Waals surface area contributed by atoms with Crippen LogP contribution in [-0.4, -0.2) is 34.7 Å².